The fraction of sp³-hybridized carbons (Fsp3) is 0.529. The highest BCUT2D eigenvalue weighted by molar-refractivity contribution is 5.75. The smallest absolute Gasteiger partial charge is 0.145 e. The van der Waals surface area contributed by atoms with Crippen LogP contribution in [0.15, 0.2) is 30.5 Å². The van der Waals surface area contributed by atoms with Gasteiger partial charge < -0.3 is 10.2 Å². The molecule has 0 amide bonds. The summed E-state index contributed by atoms with van der Waals surface area (Å²) in [5, 5.41) is 3.46. The second kappa shape index (κ2) is 6.39. The fourth-order valence-electron chi connectivity index (χ4n) is 3.16. The van der Waals surface area contributed by atoms with Crippen molar-refractivity contribution in [1.82, 2.24) is 14.9 Å². The minimum absolute atomic E-state index is 0.759. The average Bonchev–Trinajstić information content (AvgIpc) is 2.53. The molecule has 1 aromatic heterocycles. The summed E-state index contributed by atoms with van der Waals surface area (Å²) >= 11 is 0. The van der Waals surface area contributed by atoms with Gasteiger partial charge in [0.05, 0.1) is 17.2 Å². The molecule has 3 rings (SSSR count). The summed E-state index contributed by atoms with van der Waals surface area (Å²) in [5.41, 5.74) is 1.91. The van der Waals surface area contributed by atoms with Gasteiger partial charge in [-0.15, -0.1) is 0 Å². The Balaban J connectivity index is 1.55. The molecule has 2 aromatic rings. The van der Waals surface area contributed by atoms with Gasteiger partial charge in [0.2, 0.25) is 0 Å². The zero-order chi connectivity index (χ0) is 14.7. The molecule has 1 aliphatic rings. The summed E-state index contributed by atoms with van der Waals surface area (Å²) in [6, 6.07) is 8.77. The van der Waals surface area contributed by atoms with Crippen LogP contribution in [0, 0.1) is 5.92 Å². The van der Waals surface area contributed by atoms with E-state index in [2.05, 4.69) is 34.3 Å². The van der Waals surface area contributed by atoms with E-state index in [-0.39, 0.29) is 0 Å². The zero-order valence-electron chi connectivity index (χ0n) is 12.9. The van der Waals surface area contributed by atoms with Gasteiger partial charge in [0, 0.05) is 12.6 Å². The number of para-hydroxylation sites is 2. The fourth-order valence-corrected chi connectivity index (χ4v) is 3.16. The summed E-state index contributed by atoms with van der Waals surface area (Å²) in [7, 11) is 4.38. The Morgan fingerprint density at radius 2 is 1.81 bits per heavy atom. The van der Waals surface area contributed by atoms with Gasteiger partial charge in [-0.25, -0.2) is 4.98 Å². The third-order valence-electron chi connectivity index (χ3n) is 4.57. The maximum Gasteiger partial charge on any atom is 0.145 e. The Bertz CT molecular complexity index is 588. The second-order valence-electron chi connectivity index (χ2n) is 6.26. The first-order chi connectivity index (χ1) is 10.2. The molecule has 0 radical (unpaired) electrons. The van der Waals surface area contributed by atoms with Crippen LogP contribution in [0.4, 0.5) is 5.82 Å². The van der Waals surface area contributed by atoms with Gasteiger partial charge in [-0.2, -0.15) is 0 Å². The molecule has 1 aliphatic carbocycles. The van der Waals surface area contributed by atoms with Crippen molar-refractivity contribution in [3.8, 4) is 0 Å². The number of hydrogen-bond acceptors (Lipinski definition) is 4. The van der Waals surface area contributed by atoms with Crippen molar-refractivity contribution < 1.29 is 0 Å². The number of fused-ring (bicyclic) bond motifs is 1. The summed E-state index contributed by atoms with van der Waals surface area (Å²) in [5.74, 6) is 1.65. The number of rotatable bonds is 4. The third kappa shape index (κ3) is 3.50. The van der Waals surface area contributed by atoms with E-state index < -0.39 is 0 Å². The van der Waals surface area contributed by atoms with E-state index in [1.165, 1.54) is 25.7 Å². The third-order valence-corrected chi connectivity index (χ3v) is 4.57. The summed E-state index contributed by atoms with van der Waals surface area (Å²) in [6.45, 7) is 1.01. The molecule has 0 bridgehead atoms. The molecule has 0 atom stereocenters. The summed E-state index contributed by atoms with van der Waals surface area (Å²) in [4.78, 5) is 11.4. The SMILES string of the molecule is CN(C)C1CCC(CNc2cnc3ccccc3n2)CC1. The van der Waals surface area contributed by atoms with Crippen LogP contribution < -0.4 is 5.32 Å². The monoisotopic (exact) mass is 284 g/mol. The maximum absolute atomic E-state index is 4.62. The molecular weight excluding hydrogens is 260 g/mol. The molecule has 112 valence electrons. The molecule has 4 heteroatoms. The largest absolute Gasteiger partial charge is 0.368 e. The normalized spacial score (nSPS) is 22.6. The lowest BCUT2D eigenvalue weighted by Crippen LogP contribution is -2.33. The minimum Gasteiger partial charge on any atom is -0.368 e. The van der Waals surface area contributed by atoms with Crippen LogP contribution in [0.2, 0.25) is 0 Å². The number of anilines is 1. The van der Waals surface area contributed by atoms with Crippen molar-refractivity contribution in [1.29, 1.82) is 0 Å². The molecule has 0 unspecified atom stereocenters. The van der Waals surface area contributed by atoms with Gasteiger partial charge in [0.1, 0.15) is 5.82 Å². The van der Waals surface area contributed by atoms with E-state index in [0.717, 1.165) is 35.4 Å². The van der Waals surface area contributed by atoms with Gasteiger partial charge in [0.25, 0.3) is 0 Å². The van der Waals surface area contributed by atoms with Crippen LogP contribution >= 0.6 is 0 Å². The minimum atomic E-state index is 0.759. The van der Waals surface area contributed by atoms with Crippen molar-refractivity contribution in [2.45, 2.75) is 31.7 Å². The summed E-state index contributed by atoms with van der Waals surface area (Å²) < 4.78 is 0. The molecule has 1 aromatic carbocycles. The van der Waals surface area contributed by atoms with E-state index in [0.29, 0.717) is 0 Å². The lowest BCUT2D eigenvalue weighted by atomic mass is 9.85. The second-order valence-corrected chi connectivity index (χ2v) is 6.26. The highest BCUT2D eigenvalue weighted by Gasteiger charge is 2.22. The van der Waals surface area contributed by atoms with Gasteiger partial charge in [-0.05, 0) is 57.8 Å². The highest BCUT2D eigenvalue weighted by Crippen LogP contribution is 2.26. The molecule has 1 N–H and O–H groups in total. The molecule has 1 fully saturated rings. The number of nitrogens with zero attached hydrogens (tertiary/aromatic N) is 3. The Labute approximate surface area is 126 Å². The van der Waals surface area contributed by atoms with Gasteiger partial charge >= 0.3 is 0 Å². The quantitative estimate of drug-likeness (QED) is 0.936. The maximum atomic E-state index is 4.62. The predicted octanol–water partition coefficient (Wildman–Crippen LogP) is 3.16. The zero-order valence-corrected chi connectivity index (χ0v) is 12.9. The van der Waals surface area contributed by atoms with Crippen molar-refractivity contribution in [2.24, 2.45) is 5.92 Å². The Kier molecular flexibility index (Phi) is 4.34. The van der Waals surface area contributed by atoms with Gasteiger partial charge in [-0.1, -0.05) is 12.1 Å². The van der Waals surface area contributed by atoms with Crippen LogP contribution in [0.1, 0.15) is 25.7 Å². The van der Waals surface area contributed by atoms with E-state index in [4.69, 9.17) is 0 Å². The van der Waals surface area contributed by atoms with Crippen molar-refractivity contribution in [2.75, 3.05) is 26.0 Å². The van der Waals surface area contributed by atoms with E-state index in [1.807, 2.05) is 30.5 Å². The topological polar surface area (TPSA) is 41.0 Å². The number of hydrogen-bond donors (Lipinski definition) is 1. The molecule has 0 aliphatic heterocycles. The molecule has 4 nitrogen and oxygen atoms in total. The first-order valence-electron chi connectivity index (χ1n) is 7.84. The van der Waals surface area contributed by atoms with Gasteiger partial charge in [0.15, 0.2) is 0 Å². The molecule has 1 heterocycles. The van der Waals surface area contributed by atoms with Gasteiger partial charge in [-0.3, -0.25) is 4.98 Å². The Morgan fingerprint density at radius 3 is 2.52 bits per heavy atom. The molecule has 21 heavy (non-hydrogen) atoms. The number of aromatic nitrogens is 2. The van der Waals surface area contributed by atoms with Crippen LogP contribution in [-0.2, 0) is 0 Å². The van der Waals surface area contributed by atoms with Crippen LogP contribution in [0.3, 0.4) is 0 Å². The lowest BCUT2D eigenvalue weighted by molar-refractivity contribution is 0.198. The van der Waals surface area contributed by atoms with Crippen molar-refractivity contribution >= 4 is 16.9 Å². The molecule has 0 saturated heterocycles. The van der Waals surface area contributed by atoms with E-state index >= 15 is 0 Å². The number of benzene rings is 1. The van der Waals surface area contributed by atoms with Crippen LogP contribution in [-0.4, -0.2) is 41.5 Å². The van der Waals surface area contributed by atoms with E-state index in [9.17, 15) is 0 Å². The lowest BCUT2D eigenvalue weighted by Gasteiger charge is -2.32. The predicted molar refractivity (Wildman–Crippen MR) is 87.5 cm³/mol. The Morgan fingerprint density at radius 1 is 1.10 bits per heavy atom. The van der Waals surface area contributed by atoms with E-state index in [1.54, 1.807) is 0 Å². The standard InChI is InChI=1S/C17H24N4/c1-21(2)14-9-7-13(8-10-14)11-19-17-12-18-15-5-3-4-6-16(15)20-17/h3-6,12-14H,7-11H2,1-2H3,(H,19,20). The number of nitrogens with one attached hydrogen (secondary N) is 1. The first-order valence-corrected chi connectivity index (χ1v) is 7.84. The molecule has 0 spiro atoms. The van der Waals surface area contributed by atoms with Crippen molar-refractivity contribution in [3.63, 3.8) is 0 Å². The molecule has 1 saturated carbocycles. The summed E-state index contributed by atoms with van der Waals surface area (Å²) in [6.07, 6.45) is 7.06. The highest BCUT2D eigenvalue weighted by atomic mass is 15.1. The first kappa shape index (κ1) is 14.3. The molecular formula is C17H24N4. The van der Waals surface area contributed by atoms with Crippen LogP contribution in [0.5, 0.6) is 0 Å². The Hall–Kier alpha value is -1.68. The van der Waals surface area contributed by atoms with Crippen LogP contribution in [0.25, 0.3) is 11.0 Å². The van der Waals surface area contributed by atoms with Crippen molar-refractivity contribution in [3.05, 3.63) is 30.5 Å². The average molecular weight is 284 g/mol.